The summed E-state index contributed by atoms with van der Waals surface area (Å²) >= 11 is 0. The fourth-order valence-electron chi connectivity index (χ4n) is 2.74. The van der Waals surface area contributed by atoms with E-state index in [-0.39, 0.29) is 0 Å². The summed E-state index contributed by atoms with van der Waals surface area (Å²) in [5.74, 6) is 8.41. The fourth-order valence-corrected chi connectivity index (χ4v) is 2.74. The Hall–Kier alpha value is -1.40. The van der Waals surface area contributed by atoms with Gasteiger partial charge in [0, 0.05) is 18.7 Å². The molecule has 0 saturated heterocycles. The van der Waals surface area contributed by atoms with Crippen molar-refractivity contribution in [3.05, 3.63) is 11.9 Å². The van der Waals surface area contributed by atoms with Gasteiger partial charge in [-0.1, -0.05) is 19.8 Å². The first-order valence-corrected chi connectivity index (χ1v) is 7.90. The standard InChI is InChI=1S/C15H27N5O/c1-3-21-10-15-18-13(9-14(19-15)20-16)17-12-6-4-5-11(2)7-8-12/h9,11-12H,3-8,10,16H2,1-2H3,(H2,17,18,19,20). The normalized spacial score (nSPS) is 22.6. The van der Waals surface area contributed by atoms with Gasteiger partial charge in [-0.05, 0) is 32.1 Å². The van der Waals surface area contributed by atoms with Gasteiger partial charge in [0.2, 0.25) is 0 Å². The summed E-state index contributed by atoms with van der Waals surface area (Å²) in [6, 6.07) is 2.33. The average Bonchev–Trinajstić information content (AvgIpc) is 2.69. The van der Waals surface area contributed by atoms with Crippen LogP contribution < -0.4 is 16.6 Å². The summed E-state index contributed by atoms with van der Waals surface area (Å²) < 4.78 is 5.38. The molecule has 1 fully saturated rings. The second kappa shape index (κ2) is 8.14. The highest BCUT2D eigenvalue weighted by atomic mass is 16.5. The highest BCUT2D eigenvalue weighted by Crippen LogP contribution is 2.25. The van der Waals surface area contributed by atoms with Gasteiger partial charge in [-0.2, -0.15) is 0 Å². The number of anilines is 2. The van der Waals surface area contributed by atoms with E-state index in [1.165, 1.54) is 32.1 Å². The summed E-state index contributed by atoms with van der Waals surface area (Å²) in [6.07, 6.45) is 6.26. The lowest BCUT2D eigenvalue weighted by molar-refractivity contribution is 0.128. The van der Waals surface area contributed by atoms with Gasteiger partial charge in [-0.25, -0.2) is 15.8 Å². The van der Waals surface area contributed by atoms with Crippen LogP contribution in [0.4, 0.5) is 11.6 Å². The molecule has 0 amide bonds. The molecule has 2 rings (SSSR count). The largest absolute Gasteiger partial charge is 0.374 e. The fraction of sp³-hybridized carbons (Fsp3) is 0.733. The maximum absolute atomic E-state index is 5.48. The van der Waals surface area contributed by atoms with Crippen LogP contribution in [0.1, 0.15) is 51.8 Å². The number of nitrogens with zero attached hydrogens (tertiary/aromatic N) is 2. The number of nitrogen functional groups attached to an aromatic ring is 1. The molecule has 1 heterocycles. The molecule has 0 aliphatic heterocycles. The highest BCUT2D eigenvalue weighted by Gasteiger charge is 2.17. The first kappa shape index (κ1) is 16.0. The highest BCUT2D eigenvalue weighted by molar-refractivity contribution is 5.47. The molecule has 1 aromatic heterocycles. The monoisotopic (exact) mass is 293 g/mol. The number of hydrazine groups is 1. The van der Waals surface area contributed by atoms with E-state index in [9.17, 15) is 0 Å². The zero-order valence-corrected chi connectivity index (χ0v) is 13.1. The van der Waals surface area contributed by atoms with Gasteiger partial charge < -0.3 is 15.5 Å². The molecule has 6 nitrogen and oxygen atoms in total. The Kier molecular flexibility index (Phi) is 6.20. The zero-order valence-electron chi connectivity index (χ0n) is 13.1. The number of hydrogen-bond donors (Lipinski definition) is 3. The summed E-state index contributed by atoms with van der Waals surface area (Å²) in [5, 5.41) is 3.53. The third-order valence-electron chi connectivity index (χ3n) is 3.97. The van der Waals surface area contributed by atoms with E-state index in [4.69, 9.17) is 10.6 Å². The van der Waals surface area contributed by atoms with Gasteiger partial charge >= 0.3 is 0 Å². The van der Waals surface area contributed by atoms with Crippen molar-refractivity contribution in [3.63, 3.8) is 0 Å². The Morgan fingerprint density at radius 1 is 1.24 bits per heavy atom. The van der Waals surface area contributed by atoms with Crippen LogP contribution in [-0.4, -0.2) is 22.6 Å². The number of rotatable bonds is 6. The van der Waals surface area contributed by atoms with Crippen molar-refractivity contribution in [2.75, 3.05) is 17.3 Å². The summed E-state index contributed by atoms with van der Waals surface area (Å²) in [5.41, 5.74) is 2.59. The first-order valence-electron chi connectivity index (χ1n) is 7.90. The van der Waals surface area contributed by atoms with E-state index in [1.807, 2.05) is 13.0 Å². The van der Waals surface area contributed by atoms with Gasteiger partial charge in [0.25, 0.3) is 0 Å². The Morgan fingerprint density at radius 3 is 2.81 bits per heavy atom. The summed E-state index contributed by atoms with van der Waals surface area (Å²) in [6.45, 7) is 5.34. The van der Waals surface area contributed by atoms with Crippen LogP contribution in [0.25, 0.3) is 0 Å². The number of hydrogen-bond acceptors (Lipinski definition) is 6. The molecular formula is C15H27N5O. The average molecular weight is 293 g/mol. The van der Waals surface area contributed by atoms with E-state index >= 15 is 0 Å². The molecule has 1 saturated carbocycles. The zero-order chi connectivity index (χ0) is 15.1. The maximum atomic E-state index is 5.48. The molecule has 1 aliphatic rings. The minimum atomic E-state index is 0.405. The van der Waals surface area contributed by atoms with Crippen LogP contribution in [0.5, 0.6) is 0 Å². The third-order valence-corrected chi connectivity index (χ3v) is 3.97. The van der Waals surface area contributed by atoms with Gasteiger partial charge in [0.1, 0.15) is 18.2 Å². The maximum Gasteiger partial charge on any atom is 0.158 e. The Morgan fingerprint density at radius 2 is 2.05 bits per heavy atom. The van der Waals surface area contributed by atoms with Crippen LogP contribution >= 0.6 is 0 Å². The van der Waals surface area contributed by atoms with Crippen molar-refractivity contribution in [1.82, 2.24) is 9.97 Å². The molecule has 0 bridgehead atoms. The minimum Gasteiger partial charge on any atom is -0.374 e. The molecule has 0 aromatic carbocycles. The van der Waals surface area contributed by atoms with Gasteiger partial charge in [-0.15, -0.1) is 0 Å². The third kappa shape index (κ3) is 5.13. The van der Waals surface area contributed by atoms with Crippen molar-refractivity contribution in [2.24, 2.45) is 11.8 Å². The van der Waals surface area contributed by atoms with Gasteiger partial charge in [0.05, 0.1) is 0 Å². The molecule has 2 unspecified atom stereocenters. The molecule has 2 atom stereocenters. The van der Waals surface area contributed by atoms with E-state index < -0.39 is 0 Å². The lowest BCUT2D eigenvalue weighted by Gasteiger charge is -2.18. The van der Waals surface area contributed by atoms with Gasteiger partial charge in [0.15, 0.2) is 5.82 Å². The molecule has 1 aliphatic carbocycles. The topological polar surface area (TPSA) is 85.1 Å². The predicted molar refractivity (Wildman–Crippen MR) is 84.8 cm³/mol. The quantitative estimate of drug-likeness (QED) is 0.425. The van der Waals surface area contributed by atoms with Crippen molar-refractivity contribution in [1.29, 1.82) is 0 Å². The van der Waals surface area contributed by atoms with Crippen molar-refractivity contribution >= 4 is 11.6 Å². The number of nitrogens with one attached hydrogen (secondary N) is 2. The molecule has 0 radical (unpaired) electrons. The smallest absolute Gasteiger partial charge is 0.158 e. The number of ether oxygens (including phenoxy) is 1. The van der Waals surface area contributed by atoms with Crippen LogP contribution in [-0.2, 0) is 11.3 Å². The second-order valence-corrected chi connectivity index (χ2v) is 5.79. The molecule has 6 heteroatoms. The van der Waals surface area contributed by atoms with E-state index in [0.29, 0.717) is 30.9 Å². The Balaban J connectivity index is 2.03. The molecule has 0 spiro atoms. The van der Waals surface area contributed by atoms with Crippen LogP contribution in [0.15, 0.2) is 6.07 Å². The van der Waals surface area contributed by atoms with E-state index in [0.717, 1.165) is 11.7 Å². The Bertz CT molecular complexity index is 440. The first-order chi connectivity index (χ1) is 10.2. The van der Waals surface area contributed by atoms with Crippen LogP contribution in [0.3, 0.4) is 0 Å². The number of nitrogens with two attached hydrogens (primary N) is 1. The molecule has 118 valence electrons. The second-order valence-electron chi connectivity index (χ2n) is 5.79. The van der Waals surface area contributed by atoms with Crippen LogP contribution in [0, 0.1) is 5.92 Å². The number of aromatic nitrogens is 2. The van der Waals surface area contributed by atoms with Crippen molar-refractivity contribution < 1.29 is 4.74 Å². The lowest BCUT2D eigenvalue weighted by atomic mass is 10.0. The van der Waals surface area contributed by atoms with Crippen molar-refractivity contribution in [2.45, 2.75) is 58.6 Å². The minimum absolute atomic E-state index is 0.405. The SMILES string of the molecule is CCOCc1nc(NN)cc(NC2CCCC(C)CC2)n1. The molecule has 1 aromatic rings. The summed E-state index contributed by atoms with van der Waals surface area (Å²) in [4.78, 5) is 8.82. The van der Waals surface area contributed by atoms with Crippen molar-refractivity contribution in [3.8, 4) is 0 Å². The van der Waals surface area contributed by atoms with E-state index in [1.54, 1.807) is 0 Å². The molecular weight excluding hydrogens is 266 g/mol. The van der Waals surface area contributed by atoms with E-state index in [2.05, 4.69) is 27.6 Å². The lowest BCUT2D eigenvalue weighted by Crippen LogP contribution is -2.20. The predicted octanol–water partition coefficient (Wildman–Crippen LogP) is 2.68. The van der Waals surface area contributed by atoms with Crippen LogP contribution in [0.2, 0.25) is 0 Å². The summed E-state index contributed by atoms with van der Waals surface area (Å²) in [7, 11) is 0. The van der Waals surface area contributed by atoms with Gasteiger partial charge in [-0.3, -0.25) is 0 Å². The molecule has 21 heavy (non-hydrogen) atoms. The molecule has 4 N–H and O–H groups in total. The Labute approximate surface area is 126 Å².